The largest absolute Gasteiger partial charge is 0.386 e. The average molecular weight is 381 g/mol. The normalized spacial score (nSPS) is 19.9. The van der Waals surface area contributed by atoms with Gasteiger partial charge in [-0.3, -0.25) is 0 Å². The van der Waals surface area contributed by atoms with Gasteiger partial charge < -0.3 is 14.7 Å². The standard InChI is InChI=1S/C18H25N3O2S2/c1-12-19-17(24-11-13(22)10-21-6-8-23-9-7-21)16-14-4-2-3-5-15(14)25-18(16)20-12/h13,22H,2-11H2,1H3/p+1/t13-/m1/s1. The van der Waals surface area contributed by atoms with Crippen molar-refractivity contribution in [1.29, 1.82) is 0 Å². The molecule has 0 unspecified atom stereocenters. The average Bonchev–Trinajstić information content (AvgIpc) is 2.98. The van der Waals surface area contributed by atoms with Crippen LogP contribution in [0.1, 0.15) is 29.1 Å². The van der Waals surface area contributed by atoms with Gasteiger partial charge in [0.1, 0.15) is 41.4 Å². The van der Waals surface area contributed by atoms with Crippen LogP contribution in [-0.2, 0) is 17.6 Å². The first-order valence-corrected chi connectivity index (χ1v) is 11.0. The first kappa shape index (κ1) is 17.7. The quantitative estimate of drug-likeness (QED) is 0.604. The zero-order valence-corrected chi connectivity index (χ0v) is 16.3. The van der Waals surface area contributed by atoms with Gasteiger partial charge in [-0.25, -0.2) is 9.97 Å². The second-order valence-corrected chi connectivity index (χ2v) is 9.09. The number of rotatable bonds is 5. The third kappa shape index (κ3) is 4.01. The third-order valence-electron chi connectivity index (χ3n) is 5.03. The molecule has 7 heteroatoms. The minimum Gasteiger partial charge on any atom is -0.386 e. The number of thiophene rings is 1. The molecule has 2 N–H and O–H groups in total. The molecule has 3 heterocycles. The summed E-state index contributed by atoms with van der Waals surface area (Å²) in [5.41, 5.74) is 1.47. The van der Waals surface area contributed by atoms with Gasteiger partial charge in [0.15, 0.2) is 0 Å². The lowest BCUT2D eigenvalue weighted by molar-refractivity contribution is -0.910. The van der Waals surface area contributed by atoms with Crippen molar-refractivity contribution in [2.75, 3.05) is 38.6 Å². The molecule has 2 aromatic heterocycles. The Balaban J connectivity index is 1.49. The highest BCUT2D eigenvalue weighted by atomic mass is 32.2. The molecule has 5 nitrogen and oxygen atoms in total. The molecule has 0 spiro atoms. The molecule has 4 rings (SSSR count). The Kier molecular flexibility index (Phi) is 5.57. The van der Waals surface area contributed by atoms with Crippen molar-refractivity contribution < 1.29 is 14.7 Å². The molecule has 2 aliphatic rings. The van der Waals surface area contributed by atoms with Crippen molar-refractivity contribution in [3.63, 3.8) is 0 Å². The van der Waals surface area contributed by atoms with Crippen molar-refractivity contribution in [2.45, 2.75) is 43.7 Å². The Bertz CT molecular complexity index is 743. The molecule has 0 amide bonds. The Hall–Kier alpha value is -0.730. The van der Waals surface area contributed by atoms with E-state index in [1.54, 1.807) is 11.8 Å². The number of quaternary nitrogens is 1. The second kappa shape index (κ2) is 7.88. The van der Waals surface area contributed by atoms with Crippen LogP contribution in [0.2, 0.25) is 0 Å². The Morgan fingerprint density at radius 2 is 2.04 bits per heavy atom. The number of thioether (sulfide) groups is 1. The summed E-state index contributed by atoms with van der Waals surface area (Å²) in [6.07, 6.45) is 4.58. The molecule has 0 radical (unpaired) electrons. The molecule has 1 fully saturated rings. The number of morpholine rings is 1. The molecule has 1 saturated heterocycles. The summed E-state index contributed by atoms with van der Waals surface area (Å²) in [6, 6.07) is 0. The monoisotopic (exact) mass is 380 g/mol. The fourth-order valence-electron chi connectivity index (χ4n) is 3.76. The van der Waals surface area contributed by atoms with Crippen molar-refractivity contribution >= 4 is 33.3 Å². The number of nitrogens with zero attached hydrogens (tertiary/aromatic N) is 2. The number of aryl methyl sites for hydroxylation is 3. The van der Waals surface area contributed by atoms with Crippen LogP contribution in [0, 0.1) is 6.92 Å². The first-order valence-electron chi connectivity index (χ1n) is 9.22. The van der Waals surface area contributed by atoms with E-state index in [2.05, 4.69) is 4.98 Å². The molecule has 0 bridgehead atoms. The fourth-order valence-corrected chi connectivity index (χ4v) is 6.16. The predicted molar refractivity (Wildman–Crippen MR) is 102 cm³/mol. The molecule has 0 saturated carbocycles. The Labute approximate surface area is 156 Å². The molecular formula is C18H26N3O2S2+. The maximum atomic E-state index is 10.5. The van der Waals surface area contributed by atoms with E-state index in [4.69, 9.17) is 9.72 Å². The van der Waals surface area contributed by atoms with E-state index in [1.165, 1.54) is 40.0 Å². The summed E-state index contributed by atoms with van der Waals surface area (Å²) >= 11 is 3.55. The van der Waals surface area contributed by atoms with Gasteiger partial charge in [-0.1, -0.05) is 0 Å². The van der Waals surface area contributed by atoms with Gasteiger partial charge in [0.25, 0.3) is 0 Å². The van der Waals surface area contributed by atoms with Crippen LogP contribution in [0.25, 0.3) is 10.2 Å². The lowest BCUT2D eigenvalue weighted by atomic mass is 9.97. The smallest absolute Gasteiger partial charge is 0.128 e. The number of nitrogens with one attached hydrogen (secondary N) is 1. The minimum absolute atomic E-state index is 0.308. The minimum atomic E-state index is -0.308. The number of hydrogen-bond acceptors (Lipinski definition) is 6. The van der Waals surface area contributed by atoms with Gasteiger partial charge in [-0.15, -0.1) is 23.1 Å². The van der Waals surface area contributed by atoms with Crippen LogP contribution in [0.15, 0.2) is 5.03 Å². The second-order valence-electron chi connectivity index (χ2n) is 7.00. The highest BCUT2D eigenvalue weighted by Crippen LogP contribution is 2.39. The number of aliphatic hydroxyl groups is 1. The summed E-state index contributed by atoms with van der Waals surface area (Å²) in [5.74, 6) is 1.53. The van der Waals surface area contributed by atoms with E-state index in [-0.39, 0.29) is 6.10 Å². The lowest BCUT2D eigenvalue weighted by Gasteiger charge is -2.25. The summed E-state index contributed by atoms with van der Waals surface area (Å²) in [7, 11) is 0. The molecule has 1 aliphatic heterocycles. The highest BCUT2D eigenvalue weighted by Gasteiger charge is 2.23. The van der Waals surface area contributed by atoms with E-state index < -0.39 is 0 Å². The summed E-state index contributed by atoms with van der Waals surface area (Å²) in [5, 5.41) is 12.8. The van der Waals surface area contributed by atoms with Crippen molar-refractivity contribution in [1.82, 2.24) is 9.97 Å². The summed E-state index contributed by atoms with van der Waals surface area (Å²) in [6.45, 7) is 6.37. The number of aromatic nitrogens is 2. The van der Waals surface area contributed by atoms with Gasteiger partial charge >= 0.3 is 0 Å². The van der Waals surface area contributed by atoms with Crippen LogP contribution in [-0.4, -0.2) is 59.8 Å². The first-order chi connectivity index (χ1) is 12.2. The van der Waals surface area contributed by atoms with Gasteiger partial charge in [-0.2, -0.15) is 0 Å². The van der Waals surface area contributed by atoms with Crippen molar-refractivity contribution in [3.8, 4) is 0 Å². The van der Waals surface area contributed by atoms with Gasteiger partial charge in [0, 0.05) is 16.0 Å². The Morgan fingerprint density at radius 1 is 1.24 bits per heavy atom. The SMILES string of the molecule is Cc1nc(SC[C@H](O)C[NH+]2CCOCC2)c2c3c(sc2n1)CCCC3. The van der Waals surface area contributed by atoms with E-state index in [0.717, 1.165) is 54.9 Å². The zero-order chi connectivity index (χ0) is 17.2. The van der Waals surface area contributed by atoms with Gasteiger partial charge in [-0.05, 0) is 38.2 Å². The number of hydrogen-bond donors (Lipinski definition) is 2. The number of ether oxygens (including phenoxy) is 1. The third-order valence-corrected chi connectivity index (χ3v) is 7.34. The molecule has 1 atom stereocenters. The van der Waals surface area contributed by atoms with Crippen LogP contribution < -0.4 is 4.90 Å². The van der Waals surface area contributed by atoms with Crippen molar-refractivity contribution in [3.05, 3.63) is 16.3 Å². The van der Waals surface area contributed by atoms with Crippen LogP contribution >= 0.6 is 23.1 Å². The van der Waals surface area contributed by atoms with E-state index >= 15 is 0 Å². The van der Waals surface area contributed by atoms with E-state index in [1.807, 2.05) is 18.3 Å². The maximum absolute atomic E-state index is 10.5. The van der Waals surface area contributed by atoms with Crippen LogP contribution in [0.5, 0.6) is 0 Å². The molecule has 1 aliphatic carbocycles. The molecule has 0 aromatic carbocycles. The molecule has 25 heavy (non-hydrogen) atoms. The fraction of sp³-hybridized carbons (Fsp3) is 0.667. The van der Waals surface area contributed by atoms with Crippen LogP contribution in [0.3, 0.4) is 0 Å². The van der Waals surface area contributed by atoms with E-state index in [9.17, 15) is 5.11 Å². The number of aliphatic hydroxyl groups excluding tert-OH is 1. The van der Waals surface area contributed by atoms with Crippen LogP contribution in [0.4, 0.5) is 0 Å². The molecule has 136 valence electrons. The topological polar surface area (TPSA) is 59.7 Å². The predicted octanol–water partition coefficient (Wildman–Crippen LogP) is 1.25. The highest BCUT2D eigenvalue weighted by molar-refractivity contribution is 7.99. The van der Waals surface area contributed by atoms with E-state index in [0.29, 0.717) is 5.75 Å². The van der Waals surface area contributed by atoms with Gasteiger partial charge in [0.2, 0.25) is 0 Å². The Morgan fingerprint density at radius 3 is 2.88 bits per heavy atom. The summed E-state index contributed by atoms with van der Waals surface area (Å²) < 4.78 is 5.39. The number of fused-ring (bicyclic) bond motifs is 3. The summed E-state index contributed by atoms with van der Waals surface area (Å²) in [4.78, 5) is 13.5. The zero-order valence-electron chi connectivity index (χ0n) is 14.7. The molecule has 2 aromatic rings. The van der Waals surface area contributed by atoms with Crippen molar-refractivity contribution in [2.24, 2.45) is 0 Å². The maximum Gasteiger partial charge on any atom is 0.128 e. The van der Waals surface area contributed by atoms with Gasteiger partial charge in [0.05, 0.1) is 13.2 Å². The molecular weight excluding hydrogens is 354 g/mol. The lowest BCUT2D eigenvalue weighted by Crippen LogP contribution is -3.15.